The molecule has 0 heterocycles. The van der Waals surface area contributed by atoms with E-state index in [1.807, 2.05) is 0 Å². The van der Waals surface area contributed by atoms with Crippen molar-refractivity contribution in [2.45, 2.75) is 31.4 Å². The Kier molecular flexibility index (Phi) is 4.85. The van der Waals surface area contributed by atoms with Crippen molar-refractivity contribution in [3.8, 4) is 5.75 Å². The minimum absolute atomic E-state index is 0. The van der Waals surface area contributed by atoms with E-state index >= 15 is 0 Å². The van der Waals surface area contributed by atoms with Gasteiger partial charge < -0.3 is 9.84 Å². The van der Waals surface area contributed by atoms with Crippen LogP contribution in [0.1, 0.15) is 31.2 Å². The first-order valence-corrected chi connectivity index (χ1v) is 6.03. The Morgan fingerprint density at radius 2 is 2.16 bits per heavy atom. The number of carbonyl (C=O) groups excluding carboxylic acids is 1. The molecule has 1 aliphatic carbocycles. The topological polar surface area (TPSA) is 46.5 Å². The largest absolute Gasteiger partial charge is 0.508 e. The van der Waals surface area contributed by atoms with Crippen LogP contribution in [0.5, 0.6) is 5.75 Å². The number of benzene rings is 1. The molecule has 1 aromatic rings. The first-order chi connectivity index (χ1) is 8.46. The maximum Gasteiger partial charge on any atom is 0.343 e. The van der Waals surface area contributed by atoms with E-state index in [4.69, 9.17) is 0 Å². The summed E-state index contributed by atoms with van der Waals surface area (Å²) < 4.78 is 19.2. The summed E-state index contributed by atoms with van der Waals surface area (Å²) in [5.41, 5.74) is -1.42. The van der Waals surface area contributed by atoms with Crippen molar-refractivity contribution in [3.05, 3.63) is 29.8 Å². The average molecular weight is 286 g/mol. The Morgan fingerprint density at radius 3 is 2.63 bits per heavy atom. The second-order valence-electron chi connectivity index (χ2n) is 4.98. The number of halogens is 1. The van der Waals surface area contributed by atoms with Gasteiger partial charge in [-0.25, -0.2) is 9.18 Å². The number of phenols is 1. The minimum Gasteiger partial charge on any atom is -0.508 e. The Morgan fingerprint density at radius 1 is 1.53 bits per heavy atom. The molecule has 1 fully saturated rings. The van der Waals surface area contributed by atoms with Crippen molar-refractivity contribution in [2.75, 3.05) is 7.11 Å². The maximum atomic E-state index is 14.7. The highest BCUT2D eigenvalue weighted by molar-refractivity contribution is 7.59. The second-order valence-corrected chi connectivity index (χ2v) is 4.98. The van der Waals surface area contributed by atoms with Gasteiger partial charge in [0.25, 0.3) is 0 Å². The summed E-state index contributed by atoms with van der Waals surface area (Å²) in [7, 11) is 1.19. The zero-order valence-electron chi connectivity index (χ0n) is 11.0. The fourth-order valence-corrected chi connectivity index (χ4v) is 2.50. The predicted molar refractivity (Wildman–Crippen MR) is 75.5 cm³/mol. The van der Waals surface area contributed by atoms with Gasteiger partial charge in [0, 0.05) is 5.92 Å². The molecule has 2 rings (SSSR count). The van der Waals surface area contributed by atoms with Crippen LogP contribution in [0.25, 0.3) is 0 Å². The van der Waals surface area contributed by atoms with Gasteiger partial charge in [0.15, 0.2) is 0 Å². The van der Waals surface area contributed by atoms with Crippen molar-refractivity contribution in [1.29, 1.82) is 0 Å². The first kappa shape index (κ1) is 15.8. The van der Waals surface area contributed by atoms with Gasteiger partial charge >= 0.3 is 5.97 Å². The second kappa shape index (κ2) is 5.82. The van der Waals surface area contributed by atoms with Gasteiger partial charge in [-0.15, -0.1) is 0 Å². The Balaban J connectivity index is 0.00000180. The number of alkyl halides is 1. The number of hydrogen-bond donors (Lipinski definition) is 1. The van der Waals surface area contributed by atoms with Crippen LogP contribution >= 0.6 is 13.5 Å². The molecule has 1 unspecified atom stereocenters. The number of hydrogen-bond acceptors (Lipinski definition) is 3. The smallest absolute Gasteiger partial charge is 0.343 e. The van der Waals surface area contributed by atoms with E-state index in [0.717, 1.165) is 12.8 Å². The number of aromatic hydroxyl groups is 1. The molecule has 1 aliphatic rings. The van der Waals surface area contributed by atoms with Gasteiger partial charge in [-0.3, -0.25) is 0 Å². The normalized spacial score (nSPS) is 18.9. The molecule has 0 amide bonds. The monoisotopic (exact) mass is 286 g/mol. The lowest BCUT2D eigenvalue weighted by molar-refractivity contribution is -0.155. The quantitative estimate of drug-likeness (QED) is 0.866. The summed E-state index contributed by atoms with van der Waals surface area (Å²) in [5, 5.41) is 9.49. The molecule has 19 heavy (non-hydrogen) atoms. The highest BCUT2D eigenvalue weighted by Crippen LogP contribution is 2.50. The molecule has 106 valence electrons. The summed E-state index contributed by atoms with van der Waals surface area (Å²) in [4.78, 5) is 11.6. The third kappa shape index (κ3) is 3.21. The standard InChI is InChI=1S/C14H17FO3.H2S/c1-14(15,13(17)18-2)12(9-6-7-9)10-4-3-5-11(16)8-10;/h3-5,8-9,12,16H,6-7H2,1-2H3;1H2/t12-,14?;/m0./s1. The molecular weight excluding hydrogens is 267 g/mol. The molecule has 0 spiro atoms. The third-order valence-electron chi connectivity index (χ3n) is 3.49. The number of carbonyl (C=O) groups is 1. The lowest BCUT2D eigenvalue weighted by atomic mass is 9.81. The summed E-state index contributed by atoms with van der Waals surface area (Å²) in [6.45, 7) is 1.26. The molecule has 0 saturated heterocycles. The highest BCUT2D eigenvalue weighted by atomic mass is 32.1. The van der Waals surface area contributed by atoms with Gasteiger partial charge in [0.2, 0.25) is 5.67 Å². The van der Waals surface area contributed by atoms with Gasteiger partial charge in [0.1, 0.15) is 5.75 Å². The van der Waals surface area contributed by atoms with Crippen molar-refractivity contribution in [1.82, 2.24) is 0 Å². The zero-order chi connectivity index (χ0) is 13.3. The number of rotatable bonds is 4. The highest BCUT2D eigenvalue weighted by Gasteiger charge is 2.50. The SMILES string of the molecule is COC(=O)C(C)(F)[C@H](c1cccc(O)c1)C1CC1.S. The van der Waals surface area contributed by atoms with Crippen LogP contribution in [0.4, 0.5) is 4.39 Å². The number of esters is 1. The summed E-state index contributed by atoms with van der Waals surface area (Å²) in [6.07, 6.45) is 1.80. The molecule has 5 heteroatoms. The lowest BCUT2D eigenvalue weighted by Crippen LogP contribution is -2.39. The van der Waals surface area contributed by atoms with Crippen LogP contribution in [0, 0.1) is 5.92 Å². The Hall–Kier alpha value is -1.23. The average Bonchev–Trinajstić information content (AvgIpc) is 3.12. The van der Waals surface area contributed by atoms with Crippen LogP contribution in [-0.4, -0.2) is 23.9 Å². The van der Waals surface area contributed by atoms with E-state index in [1.165, 1.54) is 26.2 Å². The fourth-order valence-electron chi connectivity index (χ4n) is 2.50. The molecule has 1 N–H and O–H groups in total. The minimum atomic E-state index is -2.07. The van der Waals surface area contributed by atoms with Crippen molar-refractivity contribution >= 4 is 19.5 Å². The first-order valence-electron chi connectivity index (χ1n) is 6.03. The Labute approximate surface area is 119 Å². The van der Waals surface area contributed by atoms with Gasteiger partial charge in [-0.1, -0.05) is 12.1 Å². The fraction of sp³-hybridized carbons (Fsp3) is 0.500. The zero-order valence-corrected chi connectivity index (χ0v) is 12.0. The lowest BCUT2D eigenvalue weighted by Gasteiger charge is -2.28. The van der Waals surface area contributed by atoms with E-state index < -0.39 is 17.6 Å². The van der Waals surface area contributed by atoms with E-state index in [9.17, 15) is 14.3 Å². The van der Waals surface area contributed by atoms with Crippen LogP contribution < -0.4 is 0 Å². The van der Waals surface area contributed by atoms with Gasteiger partial charge in [-0.05, 0) is 43.4 Å². The number of ether oxygens (including phenoxy) is 1. The van der Waals surface area contributed by atoms with Crippen molar-refractivity contribution in [2.24, 2.45) is 5.92 Å². The summed E-state index contributed by atoms with van der Waals surface area (Å²) in [5.74, 6) is -1.19. The van der Waals surface area contributed by atoms with E-state index in [0.29, 0.717) is 5.56 Å². The molecule has 0 bridgehead atoms. The molecular formula is C14H19FO3S. The van der Waals surface area contributed by atoms with Crippen molar-refractivity contribution < 1.29 is 19.0 Å². The molecule has 1 aromatic carbocycles. The maximum absolute atomic E-state index is 14.7. The van der Waals surface area contributed by atoms with E-state index in [2.05, 4.69) is 4.74 Å². The van der Waals surface area contributed by atoms with Gasteiger partial charge in [-0.2, -0.15) is 13.5 Å². The van der Waals surface area contributed by atoms with E-state index in [1.54, 1.807) is 12.1 Å². The third-order valence-corrected chi connectivity index (χ3v) is 3.49. The molecule has 0 aliphatic heterocycles. The molecule has 2 atom stereocenters. The van der Waals surface area contributed by atoms with Crippen LogP contribution in [0.15, 0.2) is 24.3 Å². The van der Waals surface area contributed by atoms with Crippen LogP contribution in [-0.2, 0) is 9.53 Å². The molecule has 0 aromatic heterocycles. The van der Waals surface area contributed by atoms with Gasteiger partial charge in [0.05, 0.1) is 7.11 Å². The molecule has 3 nitrogen and oxygen atoms in total. The summed E-state index contributed by atoms with van der Waals surface area (Å²) in [6, 6.07) is 6.45. The van der Waals surface area contributed by atoms with Crippen molar-refractivity contribution in [3.63, 3.8) is 0 Å². The Bertz CT molecular complexity index is 458. The number of methoxy groups -OCH3 is 1. The van der Waals surface area contributed by atoms with E-state index in [-0.39, 0.29) is 25.2 Å². The summed E-state index contributed by atoms with van der Waals surface area (Å²) >= 11 is 0. The molecule has 1 saturated carbocycles. The van der Waals surface area contributed by atoms with Crippen LogP contribution in [0.2, 0.25) is 0 Å². The van der Waals surface area contributed by atoms with Crippen LogP contribution in [0.3, 0.4) is 0 Å². The number of phenolic OH excluding ortho intramolecular Hbond substituents is 1. The molecule has 0 radical (unpaired) electrons. The predicted octanol–water partition coefficient (Wildman–Crippen LogP) is 2.90.